The fraction of sp³-hybridized carbons (Fsp3) is 0.529. The summed E-state index contributed by atoms with van der Waals surface area (Å²) in [6.45, 7) is 3.69. The van der Waals surface area contributed by atoms with Crippen molar-refractivity contribution >= 4 is 40.7 Å². The van der Waals surface area contributed by atoms with Gasteiger partial charge in [-0.25, -0.2) is 0 Å². The number of carbonyl (C=O) groups is 2. The van der Waals surface area contributed by atoms with Gasteiger partial charge in [-0.2, -0.15) is 0 Å². The topological polar surface area (TPSA) is 64.7 Å². The molecule has 0 aromatic heterocycles. The molecule has 0 saturated carbocycles. The number of hydrogen-bond acceptors (Lipinski definition) is 4. The summed E-state index contributed by atoms with van der Waals surface area (Å²) >= 11 is 12.3. The molecule has 2 rings (SSSR count). The molecule has 0 aliphatic carbocycles. The second-order valence-electron chi connectivity index (χ2n) is 6.02. The zero-order valence-corrected chi connectivity index (χ0v) is 15.9. The van der Waals surface area contributed by atoms with Crippen molar-refractivity contribution in [2.45, 2.75) is 12.8 Å². The molecule has 138 valence electrons. The molecule has 0 bridgehead atoms. The Morgan fingerprint density at radius 1 is 1.16 bits per heavy atom. The third-order valence-electron chi connectivity index (χ3n) is 4.15. The molecule has 6 nitrogen and oxygen atoms in total. The number of likely N-dealkylation sites (N-methyl/N-ethyl adjacent to an activating group) is 1. The summed E-state index contributed by atoms with van der Waals surface area (Å²) in [6, 6.07) is 4.98. The van der Waals surface area contributed by atoms with Crippen LogP contribution < -0.4 is 15.5 Å². The van der Waals surface area contributed by atoms with Crippen LogP contribution in [-0.2, 0) is 9.59 Å². The first-order valence-electron chi connectivity index (χ1n) is 8.39. The quantitative estimate of drug-likeness (QED) is 0.714. The highest BCUT2D eigenvalue weighted by molar-refractivity contribution is 6.35. The molecule has 1 aromatic carbocycles. The summed E-state index contributed by atoms with van der Waals surface area (Å²) < 4.78 is 0. The van der Waals surface area contributed by atoms with Crippen molar-refractivity contribution in [2.75, 3.05) is 51.2 Å². The van der Waals surface area contributed by atoms with Gasteiger partial charge in [0.15, 0.2) is 0 Å². The Morgan fingerprint density at radius 2 is 1.84 bits per heavy atom. The lowest BCUT2D eigenvalue weighted by molar-refractivity contribution is -0.120. The van der Waals surface area contributed by atoms with Gasteiger partial charge in [-0.3, -0.25) is 9.59 Å². The molecule has 1 aromatic rings. The molecule has 1 saturated heterocycles. The molecule has 25 heavy (non-hydrogen) atoms. The Hall–Kier alpha value is -1.50. The molecule has 1 heterocycles. The second kappa shape index (κ2) is 9.85. The van der Waals surface area contributed by atoms with Gasteiger partial charge in [0.1, 0.15) is 0 Å². The highest BCUT2D eigenvalue weighted by Gasteiger charge is 2.18. The number of rotatable bonds is 8. The van der Waals surface area contributed by atoms with E-state index in [0.29, 0.717) is 22.3 Å². The van der Waals surface area contributed by atoms with Crippen LogP contribution in [0.25, 0.3) is 0 Å². The molecule has 0 unspecified atom stereocenters. The normalized spacial score (nSPS) is 14.4. The Bertz CT molecular complexity index is 606. The fourth-order valence-electron chi connectivity index (χ4n) is 2.80. The predicted molar refractivity (Wildman–Crippen MR) is 101 cm³/mol. The van der Waals surface area contributed by atoms with E-state index in [2.05, 4.69) is 15.5 Å². The lowest BCUT2D eigenvalue weighted by Crippen LogP contribution is -2.44. The van der Waals surface area contributed by atoms with Gasteiger partial charge in [0.05, 0.1) is 23.8 Å². The van der Waals surface area contributed by atoms with E-state index in [9.17, 15) is 9.59 Å². The van der Waals surface area contributed by atoms with Crippen LogP contribution in [0.2, 0.25) is 10.0 Å². The largest absolute Gasteiger partial charge is 0.358 e. The minimum Gasteiger partial charge on any atom is -0.358 e. The van der Waals surface area contributed by atoms with E-state index in [1.807, 2.05) is 0 Å². The molecule has 0 radical (unpaired) electrons. The van der Waals surface area contributed by atoms with E-state index in [4.69, 9.17) is 23.2 Å². The van der Waals surface area contributed by atoms with Crippen LogP contribution >= 0.6 is 23.2 Å². The molecule has 0 atom stereocenters. The number of nitrogens with one attached hydrogen (secondary N) is 2. The lowest BCUT2D eigenvalue weighted by Gasteiger charge is -2.25. The third-order valence-corrected chi connectivity index (χ3v) is 4.70. The number of hydrogen-bond donors (Lipinski definition) is 2. The molecule has 2 amide bonds. The van der Waals surface area contributed by atoms with Crippen molar-refractivity contribution in [1.29, 1.82) is 0 Å². The highest BCUT2D eigenvalue weighted by Crippen LogP contribution is 2.28. The van der Waals surface area contributed by atoms with Gasteiger partial charge < -0.3 is 20.4 Å². The van der Waals surface area contributed by atoms with Crippen LogP contribution in [0.15, 0.2) is 18.2 Å². The summed E-state index contributed by atoms with van der Waals surface area (Å²) in [5.41, 5.74) is 0.562. The molecular weight excluding hydrogens is 363 g/mol. The molecule has 0 spiro atoms. The molecule has 8 heteroatoms. The van der Waals surface area contributed by atoms with Gasteiger partial charge in [0.25, 0.3) is 0 Å². The SMILES string of the molecule is CNC(=O)CN(CC(=O)NCCN1CCCC1)c1cc(Cl)ccc1Cl. The highest BCUT2D eigenvalue weighted by atomic mass is 35.5. The average molecular weight is 387 g/mol. The summed E-state index contributed by atoms with van der Waals surface area (Å²) in [5.74, 6) is -0.361. The maximum absolute atomic E-state index is 12.3. The minimum atomic E-state index is -0.207. The third kappa shape index (κ3) is 6.38. The van der Waals surface area contributed by atoms with Crippen LogP contribution in [0.4, 0.5) is 5.69 Å². The van der Waals surface area contributed by atoms with E-state index in [-0.39, 0.29) is 24.9 Å². The van der Waals surface area contributed by atoms with Crippen LogP contribution in [-0.4, -0.2) is 63.0 Å². The van der Waals surface area contributed by atoms with Crippen LogP contribution in [0, 0.1) is 0 Å². The van der Waals surface area contributed by atoms with Gasteiger partial charge in [-0.1, -0.05) is 23.2 Å². The summed E-state index contributed by atoms with van der Waals surface area (Å²) in [5, 5.41) is 6.40. The van der Waals surface area contributed by atoms with Crippen molar-refractivity contribution in [2.24, 2.45) is 0 Å². The molecule has 1 fully saturated rings. The van der Waals surface area contributed by atoms with Crippen molar-refractivity contribution in [3.63, 3.8) is 0 Å². The van der Waals surface area contributed by atoms with Crippen molar-refractivity contribution < 1.29 is 9.59 Å². The van der Waals surface area contributed by atoms with E-state index in [1.165, 1.54) is 12.8 Å². The number of benzene rings is 1. The lowest BCUT2D eigenvalue weighted by atomic mass is 10.2. The van der Waals surface area contributed by atoms with Crippen molar-refractivity contribution in [3.05, 3.63) is 28.2 Å². The molecule has 1 aliphatic rings. The smallest absolute Gasteiger partial charge is 0.239 e. The zero-order chi connectivity index (χ0) is 18.2. The molecule has 2 N–H and O–H groups in total. The number of nitrogens with zero attached hydrogens (tertiary/aromatic N) is 2. The standard InChI is InChI=1S/C17H24Cl2N4O2/c1-20-16(24)11-23(15-10-13(18)4-5-14(15)19)12-17(25)21-6-9-22-7-2-3-8-22/h4-5,10H,2-3,6-9,11-12H2,1H3,(H,20,24)(H,21,25). The maximum Gasteiger partial charge on any atom is 0.239 e. The number of halogens is 2. The number of likely N-dealkylation sites (tertiary alicyclic amines) is 1. The maximum atomic E-state index is 12.3. The summed E-state index contributed by atoms with van der Waals surface area (Å²) in [7, 11) is 1.55. The first-order valence-corrected chi connectivity index (χ1v) is 9.15. The van der Waals surface area contributed by atoms with E-state index >= 15 is 0 Å². The van der Waals surface area contributed by atoms with E-state index in [0.717, 1.165) is 19.6 Å². The summed E-state index contributed by atoms with van der Waals surface area (Å²) in [6.07, 6.45) is 2.45. The van der Waals surface area contributed by atoms with Gasteiger partial charge >= 0.3 is 0 Å². The Morgan fingerprint density at radius 3 is 2.52 bits per heavy atom. The minimum absolute atomic E-state index is 0.0239. The van der Waals surface area contributed by atoms with Crippen LogP contribution in [0.3, 0.4) is 0 Å². The fourth-order valence-corrected chi connectivity index (χ4v) is 3.20. The monoisotopic (exact) mass is 386 g/mol. The Balaban J connectivity index is 1.96. The molecule has 1 aliphatic heterocycles. The number of amides is 2. The van der Waals surface area contributed by atoms with Crippen molar-refractivity contribution in [1.82, 2.24) is 15.5 Å². The van der Waals surface area contributed by atoms with Crippen molar-refractivity contribution in [3.8, 4) is 0 Å². The Kier molecular flexibility index (Phi) is 7.81. The van der Waals surface area contributed by atoms with Crippen LogP contribution in [0.1, 0.15) is 12.8 Å². The summed E-state index contributed by atoms with van der Waals surface area (Å²) in [4.78, 5) is 28.0. The van der Waals surface area contributed by atoms with Gasteiger partial charge in [0, 0.05) is 25.2 Å². The number of carbonyl (C=O) groups excluding carboxylic acids is 2. The first-order chi connectivity index (χ1) is 12.0. The number of anilines is 1. The van der Waals surface area contributed by atoms with E-state index < -0.39 is 0 Å². The zero-order valence-electron chi connectivity index (χ0n) is 14.4. The van der Waals surface area contributed by atoms with Gasteiger partial charge in [-0.05, 0) is 44.1 Å². The van der Waals surface area contributed by atoms with Crippen LogP contribution in [0.5, 0.6) is 0 Å². The van der Waals surface area contributed by atoms with Gasteiger partial charge in [0.2, 0.25) is 11.8 Å². The van der Waals surface area contributed by atoms with E-state index in [1.54, 1.807) is 30.1 Å². The Labute approximate surface area is 158 Å². The predicted octanol–water partition coefficient (Wildman–Crippen LogP) is 1.76. The molecular formula is C17H24Cl2N4O2. The average Bonchev–Trinajstić information content (AvgIpc) is 3.09. The first kappa shape index (κ1) is 19.8. The van der Waals surface area contributed by atoms with Gasteiger partial charge in [-0.15, -0.1) is 0 Å². The second-order valence-corrected chi connectivity index (χ2v) is 6.87.